The molecule has 0 saturated heterocycles. The minimum absolute atomic E-state index is 0.0545. The number of nitrogens with zero attached hydrogens (tertiary/aromatic N) is 2. The number of fused-ring (bicyclic) bond motifs is 3. The number of amides is 2. The molecular formula is C23H24FN3O2S. The fraction of sp³-hybridized carbons (Fsp3) is 0.391. The van der Waals surface area contributed by atoms with E-state index in [9.17, 15) is 14.0 Å². The summed E-state index contributed by atoms with van der Waals surface area (Å²) in [5.41, 5.74) is 0.823. The Kier molecular flexibility index (Phi) is 4.65. The van der Waals surface area contributed by atoms with Gasteiger partial charge in [0.25, 0.3) is 5.91 Å². The van der Waals surface area contributed by atoms with Crippen molar-refractivity contribution in [1.82, 2.24) is 14.8 Å². The predicted molar refractivity (Wildman–Crippen MR) is 115 cm³/mol. The highest BCUT2D eigenvalue weighted by Crippen LogP contribution is 2.35. The molecule has 0 radical (unpaired) electrons. The Balaban J connectivity index is 1.57. The van der Waals surface area contributed by atoms with Crippen LogP contribution in [-0.2, 0) is 17.9 Å². The molecule has 0 bridgehead atoms. The third kappa shape index (κ3) is 3.03. The van der Waals surface area contributed by atoms with Gasteiger partial charge in [-0.3, -0.25) is 9.59 Å². The van der Waals surface area contributed by atoms with Crippen LogP contribution >= 0.6 is 11.3 Å². The van der Waals surface area contributed by atoms with Crippen LogP contribution in [0.4, 0.5) is 4.39 Å². The van der Waals surface area contributed by atoms with Gasteiger partial charge in [0.15, 0.2) is 0 Å². The third-order valence-corrected chi connectivity index (χ3v) is 7.37. The fourth-order valence-corrected chi connectivity index (χ4v) is 5.55. The summed E-state index contributed by atoms with van der Waals surface area (Å²) in [5, 5.41) is 5.16. The van der Waals surface area contributed by atoms with Crippen LogP contribution in [0.1, 0.15) is 48.7 Å². The molecule has 1 fully saturated rings. The van der Waals surface area contributed by atoms with Crippen molar-refractivity contribution in [2.75, 3.05) is 0 Å². The van der Waals surface area contributed by atoms with Crippen LogP contribution in [0, 0.1) is 5.82 Å². The maximum atomic E-state index is 14.4. The van der Waals surface area contributed by atoms with Crippen LogP contribution in [0.5, 0.6) is 0 Å². The lowest BCUT2D eigenvalue weighted by atomic mass is 9.93. The second-order valence-electron chi connectivity index (χ2n) is 8.50. The number of nitrogens with one attached hydrogen (secondary N) is 1. The second-order valence-corrected chi connectivity index (χ2v) is 9.44. The molecule has 1 atom stereocenters. The lowest BCUT2D eigenvalue weighted by Gasteiger charge is -2.44. The summed E-state index contributed by atoms with van der Waals surface area (Å²) in [6.45, 7) is 2.21. The van der Waals surface area contributed by atoms with Gasteiger partial charge in [0.1, 0.15) is 17.1 Å². The van der Waals surface area contributed by atoms with Crippen molar-refractivity contribution in [1.29, 1.82) is 0 Å². The molecule has 156 valence electrons. The van der Waals surface area contributed by atoms with Crippen LogP contribution in [-0.4, -0.2) is 32.9 Å². The molecule has 2 amide bonds. The summed E-state index contributed by atoms with van der Waals surface area (Å²) in [4.78, 5) is 28.6. The summed E-state index contributed by atoms with van der Waals surface area (Å²) >= 11 is 1.57. The Morgan fingerprint density at radius 1 is 1.27 bits per heavy atom. The Bertz CT molecular complexity index is 1130. The highest BCUT2D eigenvalue weighted by molar-refractivity contribution is 7.17. The SMILES string of the molecule is CC1(C(=O)NC2CCCC2)Cn2c(cc3sccc32)C(=O)N1Cc1ccccc1F. The zero-order chi connectivity index (χ0) is 20.9. The highest BCUT2D eigenvalue weighted by Gasteiger charge is 2.48. The molecule has 0 spiro atoms. The first-order valence-corrected chi connectivity index (χ1v) is 11.3. The molecule has 1 saturated carbocycles. The lowest BCUT2D eigenvalue weighted by Crippen LogP contribution is -2.64. The summed E-state index contributed by atoms with van der Waals surface area (Å²) in [6.07, 6.45) is 4.15. The maximum Gasteiger partial charge on any atom is 0.271 e. The molecule has 1 aliphatic carbocycles. The van der Waals surface area contributed by atoms with E-state index in [0.717, 1.165) is 35.9 Å². The molecule has 1 aromatic carbocycles. The molecule has 5 rings (SSSR count). The van der Waals surface area contributed by atoms with Crippen molar-refractivity contribution in [2.24, 2.45) is 0 Å². The minimum Gasteiger partial charge on any atom is -0.351 e. The number of hydrogen-bond acceptors (Lipinski definition) is 3. The van der Waals surface area contributed by atoms with E-state index in [1.807, 2.05) is 22.1 Å². The number of thiophene rings is 1. The predicted octanol–water partition coefficient (Wildman–Crippen LogP) is 4.32. The monoisotopic (exact) mass is 425 g/mol. The zero-order valence-electron chi connectivity index (χ0n) is 16.9. The number of hydrogen-bond donors (Lipinski definition) is 1. The van der Waals surface area contributed by atoms with Crippen LogP contribution < -0.4 is 5.32 Å². The van der Waals surface area contributed by atoms with Gasteiger partial charge in [-0.1, -0.05) is 31.0 Å². The summed E-state index contributed by atoms with van der Waals surface area (Å²) in [6, 6.07) is 10.4. The van der Waals surface area contributed by atoms with Crippen molar-refractivity contribution in [3.8, 4) is 0 Å². The number of carbonyl (C=O) groups is 2. The normalized spacial score (nSPS) is 21.9. The molecule has 5 nitrogen and oxygen atoms in total. The molecule has 1 unspecified atom stereocenters. The van der Waals surface area contributed by atoms with Gasteiger partial charge in [0, 0.05) is 11.6 Å². The summed E-state index contributed by atoms with van der Waals surface area (Å²) in [7, 11) is 0. The molecule has 2 aliphatic rings. The average Bonchev–Trinajstić information content (AvgIpc) is 3.45. The van der Waals surface area contributed by atoms with Crippen LogP contribution in [0.15, 0.2) is 41.8 Å². The summed E-state index contributed by atoms with van der Waals surface area (Å²) < 4.78 is 17.4. The van der Waals surface area contributed by atoms with Crippen molar-refractivity contribution in [3.05, 3.63) is 58.9 Å². The van der Waals surface area contributed by atoms with Gasteiger partial charge in [0.05, 0.1) is 23.3 Å². The van der Waals surface area contributed by atoms with Gasteiger partial charge >= 0.3 is 0 Å². The van der Waals surface area contributed by atoms with Gasteiger partial charge in [-0.15, -0.1) is 11.3 Å². The first-order valence-electron chi connectivity index (χ1n) is 10.4. The molecule has 1 aliphatic heterocycles. The first kappa shape index (κ1) is 19.3. The minimum atomic E-state index is -1.11. The Morgan fingerprint density at radius 3 is 2.80 bits per heavy atom. The van der Waals surface area contributed by atoms with E-state index in [2.05, 4.69) is 5.32 Å². The van der Waals surface area contributed by atoms with E-state index in [1.165, 1.54) is 6.07 Å². The quantitative estimate of drug-likeness (QED) is 0.677. The van der Waals surface area contributed by atoms with E-state index < -0.39 is 5.54 Å². The van der Waals surface area contributed by atoms with Crippen LogP contribution in [0.3, 0.4) is 0 Å². The number of halogens is 1. The molecule has 3 aromatic rings. The molecule has 1 N–H and O–H groups in total. The van der Waals surface area contributed by atoms with E-state index in [0.29, 0.717) is 17.8 Å². The third-order valence-electron chi connectivity index (χ3n) is 6.51. The van der Waals surface area contributed by atoms with Crippen molar-refractivity contribution in [3.63, 3.8) is 0 Å². The smallest absolute Gasteiger partial charge is 0.271 e. The van der Waals surface area contributed by atoms with Crippen molar-refractivity contribution in [2.45, 2.75) is 57.3 Å². The molecular weight excluding hydrogens is 401 g/mol. The Hall–Kier alpha value is -2.67. The largest absolute Gasteiger partial charge is 0.351 e. The second kappa shape index (κ2) is 7.23. The van der Waals surface area contributed by atoms with Gasteiger partial charge in [-0.25, -0.2) is 4.39 Å². The van der Waals surface area contributed by atoms with Crippen LogP contribution in [0.2, 0.25) is 0 Å². The van der Waals surface area contributed by atoms with Gasteiger partial charge < -0.3 is 14.8 Å². The average molecular weight is 426 g/mol. The van der Waals surface area contributed by atoms with E-state index >= 15 is 0 Å². The van der Waals surface area contributed by atoms with E-state index in [4.69, 9.17) is 0 Å². The zero-order valence-corrected chi connectivity index (χ0v) is 17.7. The number of aromatic nitrogens is 1. The lowest BCUT2D eigenvalue weighted by molar-refractivity contribution is -0.133. The number of rotatable bonds is 4. The van der Waals surface area contributed by atoms with Gasteiger partial charge in [-0.2, -0.15) is 0 Å². The van der Waals surface area contributed by atoms with Crippen molar-refractivity contribution >= 4 is 33.4 Å². The summed E-state index contributed by atoms with van der Waals surface area (Å²) in [5.74, 6) is -0.774. The number of carbonyl (C=O) groups excluding carboxylic acids is 2. The Morgan fingerprint density at radius 2 is 2.03 bits per heavy atom. The van der Waals surface area contributed by atoms with E-state index in [-0.39, 0.29) is 30.2 Å². The Labute approximate surface area is 178 Å². The van der Waals surface area contributed by atoms with Gasteiger partial charge in [0.2, 0.25) is 5.91 Å². The number of benzene rings is 1. The molecule has 7 heteroatoms. The first-order chi connectivity index (χ1) is 14.5. The van der Waals surface area contributed by atoms with E-state index in [1.54, 1.807) is 41.4 Å². The van der Waals surface area contributed by atoms with Crippen molar-refractivity contribution < 1.29 is 14.0 Å². The molecule has 2 aromatic heterocycles. The maximum absolute atomic E-state index is 14.4. The van der Waals surface area contributed by atoms with Crippen LogP contribution in [0.25, 0.3) is 10.2 Å². The molecule has 30 heavy (non-hydrogen) atoms. The molecule has 3 heterocycles. The highest BCUT2D eigenvalue weighted by atomic mass is 32.1. The fourth-order valence-electron chi connectivity index (χ4n) is 4.73. The standard InChI is InChI=1S/C23H24FN3O2S/c1-23(22(29)25-16-7-3-4-8-16)14-26-18-10-11-30-20(18)12-19(26)21(28)27(23)13-15-6-2-5-9-17(15)24/h2,5-6,9-12,16H,3-4,7-8,13-14H2,1H3,(H,25,29). The van der Waals surface area contributed by atoms with Gasteiger partial charge in [-0.05, 0) is 43.3 Å². The topological polar surface area (TPSA) is 54.3 Å².